The summed E-state index contributed by atoms with van der Waals surface area (Å²) >= 11 is 0. The normalized spacial score (nSPS) is 20.5. The van der Waals surface area contributed by atoms with E-state index in [1.807, 2.05) is 43.6 Å². The van der Waals surface area contributed by atoms with Crippen LogP contribution in [0.5, 0.6) is 0 Å². The first-order valence-corrected chi connectivity index (χ1v) is 11.2. The fourth-order valence-corrected chi connectivity index (χ4v) is 4.14. The summed E-state index contributed by atoms with van der Waals surface area (Å²) in [5, 5.41) is 7.78. The zero-order valence-corrected chi connectivity index (χ0v) is 22.0. The molecule has 3 heterocycles. The van der Waals surface area contributed by atoms with Gasteiger partial charge in [-0.3, -0.25) is 9.67 Å². The van der Waals surface area contributed by atoms with Gasteiger partial charge in [0.25, 0.3) is 0 Å². The monoisotopic (exact) mass is 546 g/mol. The Labute approximate surface area is 203 Å². The molecule has 2 aliphatic rings. The molecule has 1 aromatic heterocycles. The van der Waals surface area contributed by atoms with Gasteiger partial charge in [0, 0.05) is 58.4 Å². The second-order valence-electron chi connectivity index (χ2n) is 9.48. The average Bonchev–Trinajstić information content (AvgIpc) is 3.33. The van der Waals surface area contributed by atoms with E-state index < -0.39 is 5.60 Å². The summed E-state index contributed by atoms with van der Waals surface area (Å²) < 4.78 is 7.37. The number of nitrogens with one attached hydrogen (secondary N) is 1. The van der Waals surface area contributed by atoms with E-state index >= 15 is 0 Å². The topological polar surface area (TPSA) is 75.0 Å². The van der Waals surface area contributed by atoms with Crippen molar-refractivity contribution in [3.05, 3.63) is 18.0 Å². The summed E-state index contributed by atoms with van der Waals surface area (Å²) in [6.07, 6.45) is 6.98. The summed E-state index contributed by atoms with van der Waals surface area (Å²) in [7, 11) is 1.97. The predicted molar refractivity (Wildman–Crippen MR) is 134 cm³/mol. The maximum Gasteiger partial charge on any atom is 0.410 e. The minimum atomic E-state index is -0.442. The standard InChI is InChI=1S/C22H38N6O2.HI/c1-6-23-20(28-12-9-18(16-28)19-14-25-26(5)15-19)24-13-17-7-10-27(11-8-17)21(29)30-22(2,3)4;/h14-15,17-18H,6-13,16H2,1-5H3,(H,23,24);1H. The molecule has 0 saturated carbocycles. The molecule has 176 valence electrons. The molecule has 2 saturated heterocycles. The molecule has 1 amide bonds. The first-order chi connectivity index (χ1) is 14.2. The molecule has 1 aromatic rings. The Morgan fingerprint density at radius 3 is 2.48 bits per heavy atom. The maximum absolute atomic E-state index is 12.2. The number of piperidine rings is 1. The number of guanidine groups is 1. The molecular formula is C22H39IN6O2. The predicted octanol–water partition coefficient (Wildman–Crippen LogP) is 3.44. The highest BCUT2D eigenvalue weighted by molar-refractivity contribution is 14.0. The number of hydrogen-bond donors (Lipinski definition) is 1. The molecule has 1 N–H and O–H groups in total. The van der Waals surface area contributed by atoms with Gasteiger partial charge in [-0.1, -0.05) is 0 Å². The molecule has 9 heteroatoms. The number of rotatable bonds is 4. The van der Waals surface area contributed by atoms with Gasteiger partial charge < -0.3 is 19.9 Å². The number of aromatic nitrogens is 2. The Morgan fingerprint density at radius 1 is 1.23 bits per heavy atom. The fourth-order valence-electron chi connectivity index (χ4n) is 4.14. The van der Waals surface area contributed by atoms with Crippen LogP contribution in [0.1, 0.15) is 58.4 Å². The number of hydrogen-bond acceptors (Lipinski definition) is 4. The van der Waals surface area contributed by atoms with E-state index in [-0.39, 0.29) is 30.1 Å². The second-order valence-corrected chi connectivity index (χ2v) is 9.48. The number of halogens is 1. The van der Waals surface area contributed by atoms with Crippen LogP contribution in [0, 0.1) is 5.92 Å². The van der Waals surface area contributed by atoms with E-state index in [1.165, 1.54) is 5.56 Å². The largest absolute Gasteiger partial charge is 0.444 e. The molecular weight excluding hydrogens is 507 g/mol. The zero-order valence-electron chi connectivity index (χ0n) is 19.6. The van der Waals surface area contributed by atoms with Gasteiger partial charge in [-0.25, -0.2) is 4.79 Å². The summed E-state index contributed by atoms with van der Waals surface area (Å²) in [5.74, 6) is 2.03. The highest BCUT2D eigenvalue weighted by Crippen LogP contribution is 2.27. The van der Waals surface area contributed by atoms with Gasteiger partial charge in [-0.2, -0.15) is 5.10 Å². The van der Waals surface area contributed by atoms with Crippen LogP contribution in [-0.4, -0.2) is 76.5 Å². The van der Waals surface area contributed by atoms with Crippen LogP contribution in [0.25, 0.3) is 0 Å². The first-order valence-electron chi connectivity index (χ1n) is 11.2. The van der Waals surface area contributed by atoms with E-state index in [2.05, 4.69) is 28.4 Å². The molecule has 0 spiro atoms. The van der Waals surface area contributed by atoms with Crippen molar-refractivity contribution in [2.24, 2.45) is 18.0 Å². The molecule has 0 radical (unpaired) electrons. The molecule has 0 aromatic carbocycles. The molecule has 0 bridgehead atoms. The molecule has 0 aliphatic carbocycles. The van der Waals surface area contributed by atoms with E-state index in [0.717, 1.165) is 64.5 Å². The van der Waals surface area contributed by atoms with Gasteiger partial charge in [0.2, 0.25) is 0 Å². The number of aryl methyl sites for hydroxylation is 1. The molecule has 3 rings (SSSR count). The van der Waals surface area contributed by atoms with Crippen molar-refractivity contribution < 1.29 is 9.53 Å². The van der Waals surface area contributed by atoms with Crippen LogP contribution in [0.4, 0.5) is 4.79 Å². The van der Waals surface area contributed by atoms with Crippen molar-refractivity contribution in [1.29, 1.82) is 0 Å². The van der Waals surface area contributed by atoms with Crippen molar-refractivity contribution in [3.8, 4) is 0 Å². The fraction of sp³-hybridized carbons (Fsp3) is 0.773. The lowest BCUT2D eigenvalue weighted by atomic mass is 9.97. The summed E-state index contributed by atoms with van der Waals surface area (Å²) in [5.41, 5.74) is 0.868. The summed E-state index contributed by atoms with van der Waals surface area (Å²) in [4.78, 5) is 21.4. The second kappa shape index (κ2) is 11.4. The van der Waals surface area contributed by atoms with Crippen LogP contribution in [0.3, 0.4) is 0 Å². The van der Waals surface area contributed by atoms with E-state index in [4.69, 9.17) is 9.73 Å². The number of amides is 1. The lowest BCUT2D eigenvalue weighted by Crippen LogP contribution is -2.43. The quantitative estimate of drug-likeness (QED) is 0.356. The van der Waals surface area contributed by atoms with Crippen LogP contribution in [-0.2, 0) is 11.8 Å². The molecule has 1 atom stereocenters. The van der Waals surface area contributed by atoms with E-state index in [0.29, 0.717) is 11.8 Å². The molecule has 8 nitrogen and oxygen atoms in total. The third kappa shape index (κ3) is 7.54. The third-order valence-electron chi connectivity index (χ3n) is 5.78. The average molecular weight is 546 g/mol. The van der Waals surface area contributed by atoms with Gasteiger partial charge >= 0.3 is 6.09 Å². The Morgan fingerprint density at radius 2 is 1.90 bits per heavy atom. The van der Waals surface area contributed by atoms with Gasteiger partial charge in [0.05, 0.1) is 6.20 Å². The molecule has 2 fully saturated rings. The van der Waals surface area contributed by atoms with Gasteiger partial charge in [-0.15, -0.1) is 24.0 Å². The van der Waals surface area contributed by atoms with Crippen molar-refractivity contribution in [3.63, 3.8) is 0 Å². The van der Waals surface area contributed by atoms with Crippen molar-refractivity contribution in [1.82, 2.24) is 24.9 Å². The Bertz CT molecular complexity index is 737. The number of carbonyl (C=O) groups excluding carboxylic acids is 1. The SMILES string of the molecule is CCNC(=NCC1CCN(C(=O)OC(C)(C)C)CC1)N1CCC(c2cnn(C)c2)C1.I. The van der Waals surface area contributed by atoms with Crippen molar-refractivity contribution >= 4 is 36.0 Å². The van der Waals surface area contributed by atoms with Crippen LogP contribution in [0.15, 0.2) is 17.4 Å². The first kappa shape index (κ1) is 25.7. The smallest absolute Gasteiger partial charge is 0.410 e. The summed E-state index contributed by atoms with van der Waals surface area (Å²) in [6, 6.07) is 0. The van der Waals surface area contributed by atoms with E-state index in [1.54, 1.807) is 0 Å². The molecule has 2 aliphatic heterocycles. The minimum Gasteiger partial charge on any atom is -0.444 e. The maximum atomic E-state index is 12.2. The number of aliphatic imine (C=N–C) groups is 1. The highest BCUT2D eigenvalue weighted by Gasteiger charge is 2.29. The molecule has 1 unspecified atom stereocenters. The minimum absolute atomic E-state index is 0. The van der Waals surface area contributed by atoms with Crippen LogP contribution >= 0.6 is 24.0 Å². The zero-order chi connectivity index (χ0) is 21.7. The number of nitrogens with zero attached hydrogens (tertiary/aromatic N) is 5. The van der Waals surface area contributed by atoms with Crippen molar-refractivity contribution in [2.45, 2.75) is 58.5 Å². The summed E-state index contributed by atoms with van der Waals surface area (Å²) in [6.45, 7) is 13.0. The van der Waals surface area contributed by atoms with Gasteiger partial charge in [0.1, 0.15) is 5.60 Å². The van der Waals surface area contributed by atoms with Crippen molar-refractivity contribution in [2.75, 3.05) is 39.3 Å². The highest BCUT2D eigenvalue weighted by atomic mass is 127. The molecule has 31 heavy (non-hydrogen) atoms. The van der Waals surface area contributed by atoms with Gasteiger partial charge in [-0.05, 0) is 58.4 Å². The Hall–Kier alpha value is -1.52. The lowest BCUT2D eigenvalue weighted by molar-refractivity contribution is 0.0187. The van der Waals surface area contributed by atoms with E-state index in [9.17, 15) is 4.79 Å². The number of ether oxygens (including phenoxy) is 1. The number of likely N-dealkylation sites (tertiary alicyclic amines) is 2. The Balaban J connectivity index is 0.00000341. The van der Waals surface area contributed by atoms with Crippen LogP contribution in [0.2, 0.25) is 0 Å². The lowest BCUT2D eigenvalue weighted by Gasteiger charge is -2.33. The van der Waals surface area contributed by atoms with Gasteiger partial charge in [0.15, 0.2) is 5.96 Å². The van der Waals surface area contributed by atoms with Crippen LogP contribution < -0.4 is 5.32 Å². The number of carbonyl (C=O) groups is 1. The third-order valence-corrected chi connectivity index (χ3v) is 5.78. The Kier molecular flexibility index (Phi) is 9.45.